The zero-order valence-corrected chi connectivity index (χ0v) is 18.7. The predicted octanol–water partition coefficient (Wildman–Crippen LogP) is 3.34. The number of ether oxygens (including phenoxy) is 2. The molecule has 4 aromatic rings. The Hall–Kier alpha value is -2.95. The Balaban J connectivity index is 1.73. The molecule has 1 aliphatic heterocycles. The van der Waals surface area contributed by atoms with E-state index in [2.05, 4.69) is 25.1 Å². The number of aromatic nitrogens is 6. The molecule has 9 nitrogen and oxygen atoms in total. The van der Waals surface area contributed by atoms with Gasteiger partial charge in [-0.15, -0.1) is 10.2 Å². The van der Waals surface area contributed by atoms with Crippen LogP contribution in [0.15, 0.2) is 24.8 Å². The quantitative estimate of drug-likeness (QED) is 0.456. The van der Waals surface area contributed by atoms with E-state index in [1.165, 1.54) is 7.11 Å². The molecular formula is C21H23ClFN7O2. The van der Waals surface area contributed by atoms with E-state index >= 15 is 4.39 Å². The van der Waals surface area contributed by atoms with Gasteiger partial charge < -0.3 is 23.6 Å². The number of aromatic amines is 1. The van der Waals surface area contributed by atoms with Crippen molar-refractivity contribution in [3.8, 4) is 23.0 Å². The lowest BCUT2D eigenvalue weighted by atomic mass is 10.1. The molecule has 1 saturated heterocycles. The Morgan fingerprint density at radius 1 is 1.28 bits per heavy atom. The molecule has 4 heterocycles. The lowest BCUT2D eigenvalue weighted by Crippen LogP contribution is -2.42. The van der Waals surface area contributed by atoms with Gasteiger partial charge in [0, 0.05) is 45.0 Å². The van der Waals surface area contributed by atoms with E-state index in [0.717, 1.165) is 19.5 Å². The maximum Gasteiger partial charge on any atom is 0.180 e. The van der Waals surface area contributed by atoms with Gasteiger partial charge in [-0.2, -0.15) is 0 Å². The number of fused-ring (bicyclic) bond motifs is 1. The van der Waals surface area contributed by atoms with Crippen LogP contribution in [0.2, 0.25) is 5.02 Å². The summed E-state index contributed by atoms with van der Waals surface area (Å²) in [4.78, 5) is 9.80. The zero-order chi connectivity index (χ0) is 22.4. The number of H-pyrrole nitrogens is 1. The third-order valence-electron chi connectivity index (χ3n) is 5.98. The molecule has 1 aromatic carbocycles. The molecule has 168 valence electrons. The fourth-order valence-electron chi connectivity index (χ4n) is 4.27. The fraction of sp³-hybridized carbons (Fsp3) is 0.381. The number of hydrogen-bond acceptors (Lipinski definition) is 6. The van der Waals surface area contributed by atoms with Crippen LogP contribution in [0.5, 0.6) is 5.75 Å². The van der Waals surface area contributed by atoms with Gasteiger partial charge in [-0.25, -0.2) is 9.37 Å². The van der Waals surface area contributed by atoms with Crippen molar-refractivity contribution >= 4 is 22.5 Å². The molecule has 0 radical (unpaired) electrons. The molecule has 1 atom stereocenters. The summed E-state index contributed by atoms with van der Waals surface area (Å²) in [6.45, 7) is 2.48. The molecule has 0 bridgehead atoms. The molecule has 0 aliphatic carbocycles. The van der Waals surface area contributed by atoms with Crippen LogP contribution >= 0.6 is 11.6 Å². The number of benzene rings is 1. The van der Waals surface area contributed by atoms with Crippen molar-refractivity contribution in [2.24, 2.45) is 7.05 Å². The van der Waals surface area contributed by atoms with Crippen molar-refractivity contribution in [2.45, 2.75) is 12.5 Å². The number of hydrogen-bond donors (Lipinski definition) is 1. The third-order valence-corrected chi connectivity index (χ3v) is 6.33. The predicted molar refractivity (Wildman–Crippen MR) is 118 cm³/mol. The summed E-state index contributed by atoms with van der Waals surface area (Å²) in [5.41, 5.74) is 1.69. The van der Waals surface area contributed by atoms with Crippen LogP contribution in [0.3, 0.4) is 0 Å². The molecule has 32 heavy (non-hydrogen) atoms. The smallest absolute Gasteiger partial charge is 0.180 e. The number of rotatable bonds is 7. The standard InChI is InChI=1S/C21H23ClFN7O2/c1-28-17-12(9-14(32-3)15(22)16(17)23)18(30-8-5-24-11-30)19(28)21-25-20(26-27-21)13(10-31-2)29-6-4-7-29/h5,8-9,11,13H,4,6-7,10H2,1-3H3,(H,25,26,27). The van der Waals surface area contributed by atoms with Crippen molar-refractivity contribution in [3.05, 3.63) is 41.5 Å². The Bertz CT molecular complexity index is 1260. The molecule has 1 fully saturated rings. The van der Waals surface area contributed by atoms with Gasteiger partial charge in [0.15, 0.2) is 17.5 Å². The van der Waals surface area contributed by atoms with E-state index in [0.29, 0.717) is 40.5 Å². The molecule has 11 heteroatoms. The number of imidazole rings is 1. The summed E-state index contributed by atoms with van der Waals surface area (Å²) in [5.74, 6) is 0.915. The Kier molecular flexibility index (Phi) is 5.36. The minimum atomic E-state index is -0.561. The van der Waals surface area contributed by atoms with Crippen molar-refractivity contribution in [2.75, 3.05) is 33.9 Å². The number of methoxy groups -OCH3 is 2. The molecule has 1 unspecified atom stereocenters. The van der Waals surface area contributed by atoms with Gasteiger partial charge in [0.05, 0.1) is 37.3 Å². The van der Waals surface area contributed by atoms with Crippen molar-refractivity contribution in [1.29, 1.82) is 0 Å². The molecular weight excluding hydrogens is 437 g/mol. The number of aryl methyl sites for hydroxylation is 1. The summed E-state index contributed by atoms with van der Waals surface area (Å²) in [7, 11) is 4.90. The molecule has 3 aromatic heterocycles. The first kappa shape index (κ1) is 20.9. The summed E-state index contributed by atoms with van der Waals surface area (Å²) < 4.78 is 29.6. The van der Waals surface area contributed by atoms with Crippen LogP contribution in [0.4, 0.5) is 4.39 Å². The second-order valence-electron chi connectivity index (χ2n) is 7.75. The van der Waals surface area contributed by atoms with Gasteiger partial charge in [0.2, 0.25) is 0 Å². The first-order valence-electron chi connectivity index (χ1n) is 10.2. The van der Waals surface area contributed by atoms with E-state index in [1.54, 1.807) is 43.5 Å². The van der Waals surface area contributed by atoms with Gasteiger partial charge in [-0.1, -0.05) is 11.6 Å². The highest BCUT2D eigenvalue weighted by Crippen LogP contribution is 2.41. The Morgan fingerprint density at radius 2 is 2.09 bits per heavy atom. The highest BCUT2D eigenvalue weighted by Gasteiger charge is 2.30. The summed E-state index contributed by atoms with van der Waals surface area (Å²) in [6, 6.07) is 1.71. The maximum absolute atomic E-state index is 15.3. The molecule has 0 spiro atoms. The lowest BCUT2D eigenvalue weighted by molar-refractivity contribution is 0.0463. The van der Waals surface area contributed by atoms with Crippen LogP contribution in [0.1, 0.15) is 18.3 Å². The average molecular weight is 460 g/mol. The Morgan fingerprint density at radius 3 is 2.72 bits per heavy atom. The van der Waals surface area contributed by atoms with Crippen molar-refractivity contribution in [1.82, 2.24) is 34.2 Å². The molecule has 5 rings (SSSR count). The minimum absolute atomic E-state index is 0.0207. The van der Waals surface area contributed by atoms with Crippen LogP contribution in [0, 0.1) is 5.82 Å². The summed E-state index contributed by atoms with van der Waals surface area (Å²) >= 11 is 6.23. The van der Waals surface area contributed by atoms with Crippen LogP contribution in [-0.2, 0) is 11.8 Å². The van der Waals surface area contributed by atoms with Crippen LogP contribution < -0.4 is 4.74 Å². The minimum Gasteiger partial charge on any atom is -0.495 e. The van der Waals surface area contributed by atoms with Gasteiger partial charge in [0.1, 0.15) is 16.5 Å². The van der Waals surface area contributed by atoms with E-state index in [-0.39, 0.29) is 16.8 Å². The second-order valence-corrected chi connectivity index (χ2v) is 8.13. The van der Waals surface area contributed by atoms with Crippen molar-refractivity contribution in [3.63, 3.8) is 0 Å². The SMILES string of the molecule is COCC(c1nnc(-c2c(-n3ccnc3)c3cc(OC)c(Cl)c(F)c3n2C)[nH]1)N1CCC1. The zero-order valence-electron chi connectivity index (χ0n) is 18.0. The van der Waals surface area contributed by atoms with E-state index in [4.69, 9.17) is 21.1 Å². The number of nitrogens with one attached hydrogen (secondary N) is 1. The van der Waals surface area contributed by atoms with Gasteiger partial charge in [0.25, 0.3) is 0 Å². The highest BCUT2D eigenvalue weighted by molar-refractivity contribution is 6.33. The van der Waals surface area contributed by atoms with Gasteiger partial charge in [-0.05, 0) is 12.5 Å². The van der Waals surface area contributed by atoms with E-state index in [1.807, 2.05) is 4.57 Å². The fourth-order valence-corrected chi connectivity index (χ4v) is 4.49. The number of halogens is 2. The van der Waals surface area contributed by atoms with E-state index < -0.39 is 5.82 Å². The summed E-state index contributed by atoms with van der Waals surface area (Å²) in [6.07, 6.45) is 6.26. The summed E-state index contributed by atoms with van der Waals surface area (Å²) in [5, 5.41) is 9.38. The second kappa shape index (κ2) is 8.19. The topological polar surface area (TPSA) is 86.0 Å². The monoisotopic (exact) mass is 459 g/mol. The van der Waals surface area contributed by atoms with E-state index in [9.17, 15) is 0 Å². The van der Waals surface area contributed by atoms with Crippen LogP contribution in [0.25, 0.3) is 28.1 Å². The normalized spacial score (nSPS) is 15.3. The van der Waals surface area contributed by atoms with Gasteiger partial charge in [-0.3, -0.25) is 4.90 Å². The number of nitrogens with zero attached hydrogens (tertiary/aromatic N) is 6. The van der Waals surface area contributed by atoms with Gasteiger partial charge >= 0.3 is 0 Å². The first-order chi connectivity index (χ1) is 15.5. The van der Waals surface area contributed by atoms with Crippen molar-refractivity contribution < 1.29 is 13.9 Å². The van der Waals surface area contributed by atoms with Crippen LogP contribution in [-0.4, -0.2) is 68.1 Å². The molecule has 1 aliphatic rings. The maximum atomic E-state index is 15.3. The molecule has 0 amide bonds. The number of likely N-dealkylation sites (tertiary alicyclic amines) is 1. The largest absolute Gasteiger partial charge is 0.495 e. The Labute approximate surface area is 188 Å². The highest BCUT2D eigenvalue weighted by atomic mass is 35.5. The first-order valence-corrected chi connectivity index (χ1v) is 10.6. The third kappa shape index (κ3) is 3.17. The molecule has 1 N–H and O–H groups in total. The average Bonchev–Trinajstić information content (AvgIpc) is 3.48. The lowest BCUT2D eigenvalue weighted by Gasteiger charge is -2.36. The molecule has 0 saturated carbocycles.